The number of carbonyl (C=O) groups is 3. The number of aliphatic carboxylic acids is 1. The molecule has 3 N–H and O–H groups in total. The normalized spacial score (nSPS) is 19.1. The molecule has 1 saturated heterocycles. The highest BCUT2D eigenvalue weighted by Gasteiger charge is 2.37. The second-order valence-electron chi connectivity index (χ2n) is 6.90. The minimum absolute atomic E-state index is 0.151. The van der Waals surface area contributed by atoms with Gasteiger partial charge in [0.25, 0.3) is 0 Å². The van der Waals surface area contributed by atoms with E-state index in [1.807, 2.05) is 0 Å². The molecular formula is C15H26N2O5. The molecule has 0 saturated carbocycles. The van der Waals surface area contributed by atoms with Crippen LogP contribution >= 0.6 is 0 Å². The van der Waals surface area contributed by atoms with E-state index in [4.69, 9.17) is 9.84 Å². The van der Waals surface area contributed by atoms with Crippen molar-refractivity contribution >= 4 is 17.8 Å². The molecule has 7 nitrogen and oxygen atoms in total. The van der Waals surface area contributed by atoms with E-state index < -0.39 is 23.0 Å². The average Bonchev–Trinajstić information content (AvgIpc) is 2.37. The maximum absolute atomic E-state index is 12.3. The summed E-state index contributed by atoms with van der Waals surface area (Å²) in [6.07, 6.45) is 0.748. The molecule has 7 heteroatoms. The molecule has 1 aliphatic heterocycles. The molecule has 0 spiro atoms. The molecule has 0 aromatic heterocycles. The maximum Gasteiger partial charge on any atom is 0.305 e. The summed E-state index contributed by atoms with van der Waals surface area (Å²) < 4.78 is 5.24. The summed E-state index contributed by atoms with van der Waals surface area (Å²) in [5, 5.41) is 14.5. The van der Waals surface area contributed by atoms with Crippen LogP contribution in [0.4, 0.5) is 0 Å². The second-order valence-corrected chi connectivity index (χ2v) is 6.90. The summed E-state index contributed by atoms with van der Waals surface area (Å²) in [4.78, 5) is 35.3. The number of carboxylic acid groups (broad SMARTS) is 1. The minimum atomic E-state index is -0.964. The van der Waals surface area contributed by atoms with Gasteiger partial charge in [-0.05, 0) is 19.8 Å². The molecule has 1 rings (SSSR count). The van der Waals surface area contributed by atoms with E-state index in [0.717, 1.165) is 0 Å². The van der Waals surface area contributed by atoms with Crippen molar-refractivity contribution in [2.24, 2.45) is 5.41 Å². The van der Waals surface area contributed by atoms with E-state index in [2.05, 4.69) is 10.6 Å². The summed E-state index contributed by atoms with van der Waals surface area (Å²) in [5.41, 5.74) is -1.39. The van der Waals surface area contributed by atoms with Crippen molar-refractivity contribution < 1.29 is 24.2 Å². The zero-order chi connectivity index (χ0) is 17.0. The highest BCUT2D eigenvalue weighted by Crippen LogP contribution is 2.25. The van der Waals surface area contributed by atoms with Crippen LogP contribution in [0.3, 0.4) is 0 Å². The number of carboxylic acids is 1. The Hall–Kier alpha value is -1.63. The zero-order valence-corrected chi connectivity index (χ0v) is 13.7. The van der Waals surface area contributed by atoms with Crippen LogP contribution in [0.2, 0.25) is 0 Å². The predicted molar refractivity (Wildman–Crippen MR) is 80.2 cm³/mol. The highest BCUT2D eigenvalue weighted by molar-refractivity contribution is 5.89. The van der Waals surface area contributed by atoms with Gasteiger partial charge in [-0.1, -0.05) is 20.8 Å². The third-order valence-corrected chi connectivity index (χ3v) is 3.75. The summed E-state index contributed by atoms with van der Waals surface area (Å²) in [6.45, 7) is 7.70. The van der Waals surface area contributed by atoms with Crippen molar-refractivity contribution in [2.45, 2.75) is 58.5 Å². The third-order valence-electron chi connectivity index (χ3n) is 3.75. The lowest BCUT2D eigenvalue weighted by atomic mass is 9.86. The van der Waals surface area contributed by atoms with Crippen LogP contribution in [0.15, 0.2) is 0 Å². The molecule has 2 amide bonds. The smallest absolute Gasteiger partial charge is 0.305 e. The van der Waals surface area contributed by atoms with Crippen LogP contribution < -0.4 is 10.6 Å². The molecule has 1 fully saturated rings. The first-order valence-electron chi connectivity index (χ1n) is 7.48. The Morgan fingerprint density at radius 2 is 1.77 bits per heavy atom. The molecule has 0 radical (unpaired) electrons. The first-order chi connectivity index (χ1) is 10.1. The number of nitrogens with one attached hydrogen (secondary N) is 2. The van der Waals surface area contributed by atoms with Gasteiger partial charge in [-0.3, -0.25) is 14.4 Å². The van der Waals surface area contributed by atoms with Crippen LogP contribution in [0.5, 0.6) is 0 Å². The van der Waals surface area contributed by atoms with E-state index in [0.29, 0.717) is 26.1 Å². The summed E-state index contributed by atoms with van der Waals surface area (Å²) in [6, 6.07) is -0.722. The van der Waals surface area contributed by atoms with Gasteiger partial charge in [0.2, 0.25) is 11.8 Å². The molecule has 0 aliphatic carbocycles. The Bertz CT molecular complexity index is 436. The summed E-state index contributed by atoms with van der Waals surface area (Å²) >= 11 is 0. The number of ether oxygens (including phenoxy) is 1. The van der Waals surface area contributed by atoms with E-state index in [1.54, 1.807) is 27.7 Å². The Kier molecular flexibility index (Phi) is 5.93. The summed E-state index contributed by atoms with van der Waals surface area (Å²) in [5.74, 6) is -1.57. The minimum Gasteiger partial charge on any atom is -0.481 e. The molecule has 1 unspecified atom stereocenters. The van der Waals surface area contributed by atoms with Gasteiger partial charge in [0.15, 0.2) is 0 Å². The van der Waals surface area contributed by atoms with Crippen molar-refractivity contribution in [3.8, 4) is 0 Å². The van der Waals surface area contributed by atoms with Gasteiger partial charge in [-0.2, -0.15) is 0 Å². The quantitative estimate of drug-likeness (QED) is 0.692. The highest BCUT2D eigenvalue weighted by atomic mass is 16.5. The third kappa shape index (κ3) is 5.29. The number of hydrogen-bond donors (Lipinski definition) is 3. The molecule has 1 atom stereocenters. The lowest BCUT2D eigenvalue weighted by Gasteiger charge is -2.37. The topological polar surface area (TPSA) is 105 Å². The fraction of sp³-hybridized carbons (Fsp3) is 0.800. The van der Waals surface area contributed by atoms with Crippen molar-refractivity contribution in [2.75, 3.05) is 13.2 Å². The molecule has 1 heterocycles. The van der Waals surface area contributed by atoms with Gasteiger partial charge >= 0.3 is 5.97 Å². The van der Waals surface area contributed by atoms with Crippen molar-refractivity contribution in [3.63, 3.8) is 0 Å². The average molecular weight is 314 g/mol. The maximum atomic E-state index is 12.3. The Labute approximate surface area is 130 Å². The van der Waals surface area contributed by atoms with Gasteiger partial charge < -0.3 is 20.5 Å². The van der Waals surface area contributed by atoms with Crippen molar-refractivity contribution in [3.05, 3.63) is 0 Å². The SMILES string of the molecule is CC(NC(=O)C(C)(C)C)C(=O)NC1(CC(=O)O)CCOCC1. The molecular weight excluding hydrogens is 288 g/mol. The molecule has 126 valence electrons. The molecule has 22 heavy (non-hydrogen) atoms. The van der Waals surface area contributed by atoms with E-state index >= 15 is 0 Å². The van der Waals surface area contributed by atoms with Crippen LogP contribution in [0.1, 0.15) is 47.0 Å². The second kappa shape index (κ2) is 7.09. The molecule has 0 aromatic carbocycles. The molecule has 1 aliphatic rings. The molecule has 0 bridgehead atoms. The first-order valence-corrected chi connectivity index (χ1v) is 7.48. The largest absolute Gasteiger partial charge is 0.481 e. The van der Waals surface area contributed by atoms with E-state index in [1.165, 1.54) is 0 Å². The monoisotopic (exact) mass is 314 g/mol. The fourth-order valence-corrected chi connectivity index (χ4v) is 2.25. The number of amides is 2. The van der Waals surface area contributed by atoms with Crippen LogP contribution in [0, 0.1) is 5.41 Å². The number of rotatable bonds is 5. The van der Waals surface area contributed by atoms with Crippen LogP contribution in [0.25, 0.3) is 0 Å². The van der Waals surface area contributed by atoms with Gasteiger partial charge in [0.05, 0.1) is 12.0 Å². The zero-order valence-electron chi connectivity index (χ0n) is 13.7. The van der Waals surface area contributed by atoms with Gasteiger partial charge in [0.1, 0.15) is 6.04 Å². The number of hydrogen-bond acceptors (Lipinski definition) is 4. The Morgan fingerprint density at radius 3 is 2.23 bits per heavy atom. The van der Waals surface area contributed by atoms with Crippen molar-refractivity contribution in [1.29, 1.82) is 0 Å². The van der Waals surface area contributed by atoms with E-state index in [9.17, 15) is 14.4 Å². The molecule has 0 aromatic rings. The van der Waals surface area contributed by atoms with Crippen molar-refractivity contribution in [1.82, 2.24) is 10.6 Å². The van der Waals surface area contributed by atoms with Crippen LogP contribution in [-0.4, -0.2) is 47.7 Å². The van der Waals surface area contributed by atoms with Gasteiger partial charge in [0, 0.05) is 18.6 Å². The Morgan fingerprint density at radius 1 is 1.23 bits per heavy atom. The Balaban J connectivity index is 2.70. The lowest BCUT2D eigenvalue weighted by molar-refractivity contribution is -0.141. The lowest BCUT2D eigenvalue weighted by Crippen LogP contribution is -2.58. The predicted octanol–water partition coefficient (Wildman–Crippen LogP) is 0.677. The van der Waals surface area contributed by atoms with Gasteiger partial charge in [-0.25, -0.2) is 0 Å². The van der Waals surface area contributed by atoms with Crippen LogP contribution in [-0.2, 0) is 19.1 Å². The fourth-order valence-electron chi connectivity index (χ4n) is 2.25. The standard InChI is InChI=1S/C15H26N2O5/c1-10(16-13(21)14(2,3)4)12(20)17-15(9-11(18)19)5-7-22-8-6-15/h10H,5-9H2,1-4H3,(H,16,21)(H,17,20)(H,18,19). The first kappa shape index (κ1) is 18.4. The summed E-state index contributed by atoms with van der Waals surface area (Å²) in [7, 11) is 0. The van der Waals surface area contributed by atoms with Gasteiger partial charge in [-0.15, -0.1) is 0 Å². The number of carbonyl (C=O) groups excluding carboxylic acids is 2. The van der Waals surface area contributed by atoms with E-state index in [-0.39, 0.29) is 18.2 Å².